The molecule has 0 aliphatic carbocycles. The van der Waals surface area contributed by atoms with E-state index in [9.17, 15) is 9.90 Å². The third-order valence-electron chi connectivity index (χ3n) is 3.43. The van der Waals surface area contributed by atoms with Crippen LogP contribution >= 0.6 is 0 Å². The van der Waals surface area contributed by atoms with Gasteiger partial charge in [-0.2, -0.15) is 0 Å². The van der Waals surface area contributed by atoms with E-state index in [4.69, 9.17) is 10.5 Å². The Labute approximate surface area is 113 Å². The normalized spacial score (nSPS) is 27.1. The van der Waals surface area contributed by atoms with E-state index in [2.05, 4.69) is 0 Å². The Bertz CT molecular complexity index is 434. The Balaban J connectivity index is 1.87. The van der Waals surface area contributed by atoms with Gasteiger partial charge in [-0.05, 0) is 18.9 Å². The fraction of sp³-hybridized carbons (Fsp3) is 0.500. The number of aliphatic hydroxyl groups excluding tert-OH is 1. The highest BCUT2D eigenvalue weighted by Crippen LogP contribution is 2.19. The minimum absolute atomic E-state index is 0.250. The zero-order chi connectivity index (χ0) is 13.9. The van der Waals surface area contributed by atoms with E-state index >= 15 is 0 Å². The summed E-state index contributed by atoms with van der Waals surface area (Å²) >= 11 is 0. The van der Waals surface area contributed by atoms with Crippen LogP contribution < -0.4 is 5.73 Å². The van der Waals surface area contributed by atoms with Crippen molar-refractivity contribution in [2.45, 2.75) is 31.6 Å². The number of nitrogens with zero attached hydrogens (tertiary/aromatic N) is 1. The highest BCUT2D eigenvalue weighted by molar-refractivity contribution is 5.68. The van der Waals surface area contributed by atoms with E-state index in [0.717, 1.165) is 5.56 Å². The molecule has 0 aromatic heterocycles. The Morgan fingerprint density at radius 1 is 1.53 bits per heavy atom. The van der Waals surface area contributed by atoms with Gasteiger partial charge in [-0.3, -0.25) is 0 Å². The maximum Gasteiger partial charge on any atom is 0.410 e. The largest absolute Gasteiger partial charge is 0.445 e. The predicted molar refractivity (Wildman–Crippen MR) is 71.4 cm³/mol. The first kappa shape index (κ1) is 13.8. The molecule has 2 rings (SSSR count). The van der Waals surface area contributed by atoms with Crippen LogP contribution in [-0.2, 0) is 11.3 Å². The number of amides is 1. The highest BCUT2D eigenvalue weighted by Gasteiger charge is 2.37. The van der Waals surface area contributed by atoms with Crippen molar-refractivity contribution in [3.63, 3.8) is 0 Å². The third kappa shape index (κ3) is 3.45. The Kier molecular flexibility index (Phi) is 4.07. The van der Waals surface area contributed by atoms with Gasteiger partial charge >= 0.3 is 6.09 Å². The zero-order valence-corrected chi connectivity index (χ0v) is 11.1. The number of piperidine rings is 1. The van der Waals surface area contributed by atoms with Crippen molar-refractivity contribution in [3.8, 4) is 0 Å². The highest BCUT2D eigenvalue weighted by atomic mass is 16.6. The molecule has 1 saturated heterocycles. The first-order chi connectivity index (χ1) is 8.99. The van der Waals surface area contributed by atoms with Gasteiger partial charge in [-0.25, -0.2) is 4.79 Å². The van der Waals surface area contributed by atoms with Gasteiger partial charge in [0.25, 0.3) is 0 Å². The van der Waals surface area contributed by atoms with Gasteiger partial charge in [0.2, 0.25) is 0 Å². The topological polar surface area (TPSA) is 75.8 Å². The van der Waals surface area contributed by atoms with Crippen molar-refractivity contribution in [1.82, 2.24) is 4.90 Å². The summed E-state index contributed by atoms with van der Waals surface area (Å²) in [5.41, 5.74) is 6.13. The van der Waals surface area contributed by atoms with Gasteiger partial charge in [-0.1, -0.05) is 30.3 Å². The molecular weight excluding hydrogens is 244 g/mol. The lowest BCUT2D eigenvalue weighted by Crippen LogP contribution is -2.61. The van der Waals surface area contributed by atoms with E-state index in [1.54, 1.807) is 11.8 Å². The van der Waals surface area contributed by atoms with Gasteiger partial charge in [0.1, 0.15) is 6.61 Å². The maximum atomic E-state index is 11.9. The molecule has 1 aliphatic heterocycles. The maximum absolute atomic E-state index is 11.9. The number of rotatable bonds is 2. The van der Waals surface area contributed by atoms with E-state index < -0.39 is 11.6 Å². The minimum atomic E-state index is -0.774. The molecule has 5 heteroatoms. The summed E-state index contributed by atoms with van der Waals surface area (Å²) in [5.74, 6) is 0. The summed E-state index contributed by atoms with van der Waals surface area (Å²) in [6.45, 7) is 2.78. The van der Waals surface area contributed by atoms with Gasteiger partial charge in [-0.15, -0.1) is 0 Å². The number of carbonyl (C=O) groups excluding carboxylic acids is 1. The van der Waals surface area contributed by atoms with Crippen LogP contribution in [0, 0.1) is 0 Å². The summed E-state index contributed by atoms with van der Waals surface area (Å²) in [5, 5.41) is 9.74. The molecule has 0 bridgehead atoms. The van der Waals surface area contributed by atoms with Gasteiger partial charge in [0.15, 0.2) is 0 Å². The fourth-order valence-electron chi connectivity index (χ4n) is 2.17. The SMILES string of the molecule is CC1(N)CN(C(=O)OCc2ccccc2)CCC1O. The van der Waals surface area contributed by atoms with Crippen LogP contribution in [-0.4, -0.2) is 40.8 Å². The first-order valence-electron chi connectivity index (χ1n) is 6.41. The van der Waals surface area contributed by atoms with Crippen LogP contribution in [0.25, 0.3) is 0 Å². The molecule has 1 heterocycles. The minimum Gasteiger partial charge on any atom is -0.445 e. The van der Waals surface area contributed by atoms with Crippen molar-refractivity contribution < 1.29 is 14.6 Å². The van der Waals surface area contributed by atoms with Crippen LogP contribution in [0.1, 0.15) is 18.9 Å². The molecule has 19 heavy (non-hydrogen) atoms. The molecule has 1 amide bonds. The second kappa shape index (κ2) is 5.59. The van der Waals surface area contributed by atoms with E-state index in [-0.39, 0.29) is 12.7 Å². The van der Waals surface area contributed by atoms with Crippen LogP contribution in [0.3, 0.4) is 0 Å². The lowest BCUT2D eigenvalue weighted by Gasteiger charge is -2.40. The smallest absolute Gasteiger partial charge is 0.410 e. The second-order valence-electron chi connectivity index (χ2n) is 5.27. The molecule has 1 fully saturated rings. The van der Waals surface area contributed by atoms with Gasteiger partial charge < -0.3 is 20.5 Å². The Morgan fingerprint density at radius 3 is 2.84 bits per heavy atom. The number of hydrogen-bond acceptors (Lipinski definition) is 4. The lowest BCUT2D eigenvalue weighted by atomic mass is 9.89. The number of nitrogens with two attached hydrogens (primary N) is 1. The summed E-state index contributed by atoms with van der Waals surface area (Å²) in [4.78, 5) is 13.5. The summed E-state index contributed by atoms with van der Waals surface area (Å²) < 4.78 is 5.25. The van der Waals surface area contributed by atoms with E-state index in [1.807, 2.05) is 30.3 Å². The van der Waals surface area contributed by atoms with Crippen molar-refractivity contribution in [3.05, 3.63) is 35.9 Å². The number of likely N-dealkylation sites (tertiary alicyclic amines) is 1. The molecule has 0 spiro atoms. The van der Waals surface area contributed by atoms with E-state index in [1.165, 1.54) is 0 Å². The fourth-order valence-corrected chi connectivity index (χ4v) is 2.17. The van der Waals surface area contributed by atoms with Crippen molar-refractivity contribution in [2.24, 2.45) is 5.73 Å². The molecule has 1 aromatic rings. The molecule has 0 radical (unpaired) electrons. The summed E-state index contributed by atoms with van der Waals surface area (Å²) in [7, 11) is 0. The third-order valence-corrected chi connectivity index (χ3v) is 3.43. The molecule has 5 nitrogen and oxygen atoms in total. The Morgan fingerprint density at radius 2 is 2.21 bits per heavy atom. The summed E-state index contributed by atoms with van der Waals surface area (Å²) in [6.07, 6.45) is -0.480. The van der Waals surface area contributed by atoms with Crippen molar-refractivity contribution >= 4 is 6.09 Å². The molecule has 1 aliphatic rings. The van der Waals surface area contributed by atoms with Crippen LogP contribution in [0.5, 0.6) is 0 Å². The quantitative estimate of drug-likeness (QED) is 0.839. The molecular formula is C14H20N2O3. The Hall–Kier alpha value is -1.59. The zero-order valence-electron chi connectivity index (χ0n) is 11.1. The molecule has 2 atom stereocenters. The second-order valence-corrected chi connectivity index (χ2v) is 5.27. The number of benzene rings is 1. The monoisotopic (exact) mass is 264 g/mol. The lowest BCUT2D eigenvalue weighted by molar-refractivity contribution is 0.00982. The van der Waals surface area contributed by atoms with E-state index in [0.29, 0.717) is 19.5 Å². The van der Waals surface area contributed by atoms with Gasteiger partial charge in [0, 0.05) is 13.1 Å². The predicted octanol–water partition coefficient (Wildman–Crippen LogP) is 1.11. The standard InChI is InChI=1S/C14H20N2O3/c1-14(15)10-16(8-7-12(14)17)13(18)19-9-11-5-3-2-4-6-11/h2-6,12,17H,7-10,15H2,1H3. The van der Waals surface area contributed by atoms with Crippen LogP contribution in [0.2, 0.25) is 0 Å². The number of aliphatic hydroxyl groups is 1. The summed E-state index contributed by atoms with van der Waals surface area (Å²) in [6, 6.07) is 9.52. The molecule has 2 unspecified atom stereocenters. The molecule has 1 aromatic carbocycles. The average Bonchev–Trinajstić information content (AvgIpc) is 2.40. The number of carbonyl (C=O) groups is 1. The number of ether oxygens (including phenoxy) is 1. The van der Waals surface area contributed by atoms with Crippen molar-refractivity contribution in [2.75, 3.05) is 13.1 Å². The molecule has 0 saturated carbocycles. The van der Waals surface area contributed by atoms with Gasteiger partial charge in [0.05, 0.1) is 11.6 Å². The van der Waals surface area contributed by atoms with Crippen LogP contribution in [0.15, 0.2) is 30.3 Å². The van der Waals surface area contributed by atoms with Crippen molar-refractivity contribution in [1.29, 1.82) is 0 Å². The number of hydrogen-bond donors (Lipinski definition) is 2. The average molecular weight is 264 g/mol. The first-order valence-corrected chi connectivity index (χ1v) is 6.41. The molecule has 104 valence electrons. The van der Waals surface area contributed by atoms with Crippen LogP contribution in [0.4, 0.5) is 4.79 Å². The molecule has 3 N–H and O–H groups in total.